The summed E-state index contributed by atoms with van der Waals surface area (Å²) in [5, 5.41) is 0. The Morgan fingerprint density at radius 2 is 1.00 bits per heavy atom. The van der Waals surface area contributed by atoms with Crippen LogP contribution in [-0.4, -0.2) is 126 Å². The fourth-order valence-corrected chi connectivity index (χ4v) is 3.36. The van der Waals surface area contributed by atoms with Crippen LogP contribution in [-0.2, 0) is 9.47 Å². The topological polar surface area (TPSA) is 31.4 Å². The summed E-state index contributed by atoms with van der Waals surface area (Å²) in [6.07, 6.45) is 2.54. The van der Waals surface area contributed by atoms with Crippen molar-refractivity contribution < 1.29 is 9.47 Å². The van der Waals surface area contributed by atoms with Crippen LogP contribution in [0, 0.1) is 0 Å². The molecule has 0 radical (unpaired) electrons. The molecule has 0 amide bonds. The molecule has 0 aromatic rings. The zero-order valence-corrected chi connectivity index (χ0v) is 15.9. The molecule has 0 aromatic heterocycles. The lowest BCUT2D eigenvalue weighted by atomic mass is 10.4. The first-order chi connectivity index (χ1) is 11.7. The van der Waals surface area contributed by atoms with E-state index in [-0.39, 0.29) is 0 Å². The summed E-state index contributed by atoms with van der Waals surface area (Å²) in [4.78, 5) is 9.86. The molecule has 6 nitrogen and oxygen atoms in total. The maximum atomic E-state index is 5.73. The van der Waals surface area contributed by atoms with Gasteiger partial charge >= 0.3 is 0 Å². The summed E-state index contributed by atoms with van der Waals surface area (Å²) in [6, 6.07) is 0. The Kier molecular flexibility index (Phi) is 10.2. The fraction of sp³-hybridized carbons (Fsp3) is 1.00. The molecule has 0 spiro atoms. The van der Waals surface area contributed by atoms with Crippen LogP contribution in [0.15, 0.2) is 0 Å². The standard InChI is InChI=1S/C18H38N4O2/c1-19-5-3-7-21(11-9-19)13-15-23-17-18-24-16-14-22-8-4-6-20(2)10-12-22/h3-18H2,1-2H3. The molecular formula is C18H38N4O2. The van der Waals surface area contributed by atoms with E-state index >= 15 is 0 Å². The first-order valence-electron chi connectivity index (χ1n) is 9.71. The van der Waals surface area contributed by atoms with Crippen molar-refractivity contribution >= 4 is 0 Å². The minimum Gasteiger partial charge on any atom is -0.378 e. The molecule has 0 unspecified atom stereocenters. The van der Waals surface area contributed by atoms with Crippen molar-refractivity contribution in [2.45, 2.75) is 12.8 Å². The molecule has 2 saturated heterocycles. The molecule has 24 heavy (non-hydrogen) atoms. The Hall–Kier alpha value is -0.240. The number of nitrogens with zero attached hydrogens (tertiary/aromatic N) is 4. The van der Waals surface area contributed by atoms with Gasteiger partial charge in [0.05, 0.1) is 26.4 Å². The number of hydrogen-bond donors (Lipinski definition) is 0. The van der Waals surface area contributed by atoms with Gasteiger partial charge in [0.2, 0.25) is 0 Å². The van der Waals surface area contributed by atoms with Gasteiger partial charge in [0.15, 0.2) is 0 Å². The number of ether oxygens (including phenoxy) is 2. The first kappa shape index (κ1) is 20.1. The molecule has 2 aliphatic heterocycles. The maximum Gasteiger partial charge on any atom is 0.0701 e. The highest BCUT2D eigenvalue weighted by Crippen LogP contribution is 2.01. The van der Waals surface area contributed by atoms with E-state index in [1.165, 1.54) is 65.2 Å². The highest BCUT2D eigenvalue weighted by Gasteiger charge is 2.12. The van der Waals surface area contributed by atoms with Crippen LogP contribution in [0.5, 0.6) is 0 Å². The van der Waals surface area contributed by atoms with E-state index in [4.69, 9.17) is 9.47 Å². The Bertz CT molecular complexity index is 289. The second kappa shape index (κ2) is 12.2. The monoisotopic (exact) mass is 342 g/mol. The van der Waals surface area contributed by atoms with E-state index in [1.807, 2.05) is 0 Å². The Morgan fingerprint density at radius 3 is 1.46 bits per heavy atom. The van der Waals surface area contributed by atoms with Gasteiger partial charge < -0.3 is 19.3 Å². The summed E-state index contributed by atoms with van der Waals surface area (Å²) < 4.78 is 11.5. The molecule has 0 aromatic carbocycles. The van der Waals surface area contributed by atoms with Crippen LogP contribution in [0.2, 0.25) is 0 Å². The zero-order chi connectivity index (χ0) is 17.0. The summed E-state index contributed by atoms with van der Waals surface area (Å²) >= 11 is 0. The third kappa shape index (κ3) is 8.74. The second-order valence-corrected chi connectivity index (χ2v) is 7.22. The van der Waals surface area contributed by atoms with Crippen molar-refractivity contribution in [3.8, 4) is 0 Å². The molecule has 0 N–H and O–H groups in total. The molecule has 6 heteroatoms. The average molecular weight is 343 g/mol. The molecule has 142 valence electrons. The lowest BCUT2D eigenvalue weighted by Crippen LogP contribution is -2.32. The Labute approximate surface area is 148 Å². The van der Waals surface area contributed by atoms with Crippen molar-refractivity contribution in [2.75, 3.05) is 106 Å². The van der Waals surface area contributed by atoms with Gasteiger partial charge in [-0.1, -0.05) is 0 Å². The minimum absolute atomic E-state index is 0.719. The van der Waals surface area contributed by atoms with E-state index in [9.17, 15) is 0 Å². The van der Waals surface area contributed by atoms with Crippen molar-refractivity contribution in [2.24, 2.45) is 0 Å². The van der Waals surface area contributed by atoms with Crippen LogP contribution >= 0.6 is 0 Å². The quantitative estimate of drug-likeness (QED) is 0.560. The van der Waals surface area contributed by atoms with Crippen LogP contribution < -0.4 is 0 Å². The van der Waals surface area contributed by atoms with Gasteiger partial charge in [-0.05, 0) is 53.1 Å². The fourth-order valence-electron chi connectivity index (χ4n) is 3.36. The second-order valence-electron chi connectivity index (χ2n) is 7.22. The van der Waals surface area contributed by atoms with Crippen molar-refractivity contribution in [1.29, 1.82) is 0 Å². The van der Waals surface area contributed by atoms with Crippen LogP contribution in [0.4, 0.5) is 0 Å². The first-order valence-corrected chi connectivity index (χ1v) is 9.71. The van der Waals surface area contributed by atoms with Crippen LogP contribution in [0.1, 0.15) is 12.8 Å². The van der Waals surface area contributed by atoms with E-state index in [0.717, 1.165) is 39.5 Å². The van der Waals surface area contributed by atoms with E-state index in [0.29, 0.717) is 0 Å². The third-order valence-corrected chi connectivity index (χ3v) is 5.10. The van der Waals surface area contributed by atoms with Gasteiger partial charge in [0.1, 0.15) is 0 Å². The zero-order valence-electron chi connectivity index (χ0n) is 15.9. The van der Waals surface area contributed by atoms with Crippen LogP contribution in [0.25, 0.3) is 0 Å². The SMILES string of the molecule is CN1CCCN(CCOCCOCCN2CCCN(C)CC2)CC1. The third-order valence-electron chi connectivity index (χ3n) is 5.10. The largest absolute Gasteiger partial charge is 0.378 e. The highest BCUT2D eigenvalue weighted by molar-refractivity contribution is 4.67. The maximum absolute atomic E-state index is 5.73. The number of hydrogen-bond acceptors (Lipinski definition) is 6. The average Bonchev–Trinajstić information content (AvgIpc) is 2.90. The lowest BCUT2D eigenvalue weighted by Gasteiger charge is -2.20. The van der Waals surface area contributed by atoms with Gasteiger partial charge in [0, 0.05) is 39.3 Å². The normalized spacial score (nSPS) is 23.2. The van der Waals surface area contributed by atoms with Crippen molar-refractivity contribution in [1.82, 2.24) is 19.6 Å². The smallest absolute Gasteiger partial charge is 0.0701 e. The molecule has 2 rings (SSSR count). The van der Waals surface area contributed by atoms with Crippen molar-refractivity contribution in [3.63, 3.8) is 0 Å². The van der Waals surface area contributed by atoms with Gasteiger partial charge in [-0.2, -0.15) is 0 Å². The lowest BCUT2D eigenvalue weighted by molar-refractivity contribution is 0.0318. The van der Waals surface area contributed by atoms with Gasteiger partial charge in [-0.25, -0.2) is 0 Å². The summed E-state index contributed by atoms with van der Waals surface area (Å²) in [5.41, 5.74) is 0. The minimum atomic E-state index is 0.719. The molecule has 0 bridgehead atoms. The predicted molar refractivity (Wildman–Crippen MR) is 98.7 cm³/mol. The molecule has 0 atom stereocenters. The van der Waals surface area contributed by atoms with Gasteiger partial charge in [0.25, 0.3) is 0 Å². The van der Waals surface area contributed by atoms with Crippen molar-refractivity contribution in [3.05, 3.63) is 0 Å². The van der Waals surface area contributed by atoms with Gasteiger partial charge in [-0.15, -0.1) is 0 Å². The number of likely N-dealkylation sites (N-methyl/N-ethyl adjacent to an activating group) is 2. The van der Waals surface area contributed by atoms with Gasteiger partial charge in [-0.3, -0.25) is 9.80 Å². The Morgan fingerprint density at radius 1 is 0.542 bits per heavy atom. The molecule has 2 heterocycles. The van der Waals surface area contributed by atoms with E-state index in [1.54, 1.807) is 0 Å². The molecule has 0 aliphatic carbocycles. The molecule has 2 fully saturated rings. The number of rotatable bonds is 9. The highest BCUT2D eigenvalue weighted by atomic mass is 16.5. The van der Waals surface area contributed by atoms with E-state index in [2.05, 4.69) is 33.7 Å². The molecule has 2 aliphatic rings. The summed E-state index contributed by atoms with van der Waals surface area (Å²) in [7, 11) is 4.42. The molecular weight excluding hydrogens is 304 g/mol. The summed E-state index contributed by atoms with van der Waals surface area (Å²) in [6.45, 7) is 14.7. The van der Waals surface area contributed by atoms with Crippen LogP contribution in [0.3, 0.4) is 0 Å². The summed E-state index contributed by atoms with van der Waals surface area (Å²) in [5.74, 6) is 0. The Balaban J connectivity index is 1.39. The predicted octanol–water partition coefficient (Wildman–Crippen LogP) is 0.295. The molecule has 0 saturated carbocycles. The van der Waals surface area contributed by atoms with E-state index < -0.39 is 0 Å².